The first-order valence-corrected chi connectivity index (χ1v) is 7.03. The van der Waals surface area contributed by atoms with E-state index in [1.54, 1.807) is 6.92 Å². The van der Waals surface area contributed by atoms with Gasteiger partial charge in [0.15, 0.2) is 0 Å². The Balaban J connectivity index is 2.33. The molecule has 0 aliphatic carbocycles. The van der Waals surface area contributed by atoms with Crippen molar-refractivity contribution >= 4 is 5.91 Å². The van der Waals surface area contributed by atoms with E-state index in [1.165, 1.54) is 11.1 Å². The molecule has 0 saturated carbocycles. The minimum atomic E-state index is -0.807. The normalized spacial score (nSPS) is 13.9. The lowest BCUT2D eigenvalue weighted by atomic mass is 10.0. The van der Waals surface area contributed by atoms with Gasteiger partial charge < -0.3 is 10.4 Å². The summed E-state index contributed by atoms with van der Waals surface area (Å²) in [6.07, 6.45) is 2.87. The summed E-state index contributed by atoms with van der Waals surface area (Å²) in [5.74, 6) is -0.00621. The van der Waals surface area contributed by atoms with Crippen LogP contribution in [0.25, 0.3) is 0 Å². The van der Waals surface area contributed by atoms with Gasteiger partial charge in [-0.05, 0) is 37.3 Å². The molecule has 0 aliphatic heterocycles. The van der Waals surface area contributed by atoms with E-state index in [0.717, 1.165) is 12.8 Å². The van der Waals surface area contributed by atoms with Gasteiger partial charge in [-0.3, -0.25) is 4.79 Å². The highest BCUT2D eigenvalue weighted by Gasteiger charge is 2.17. The van der Waals surface area contributed by atoms with Crippen molar-refractivity contribution in [3.8, 4) is 0 Å². The number of aryl methyl sites for hydroxylation is 2. The Morgan fingerprint density at radius 1 is 1.21 bits per heavy atom. The molecule has 0 spiro atoms. The molecule has 0 fully saturated rings. The van der Waals surface area contributed by atoms with Gasteiger partial charge in [0.25, 0.3) is 0 Å². The SMILES string of the molecule is CCc1ccc(CCC(=O)NCC(C)(O)CC)cc1. The van der Waals surface area contributed by atoms with Crippen LogP contribution >= 0.6 is 0 Å². The van der Waals surface area contributed by atoms with Crippen LogP contribution in [0.4, 0.5) is 0 Å². The molecule has 0 saturated heterocycles. The lowest BCUT2D eigenvalue weighted by Gasteiger charge is -2.21. The standard InChI is InChI=1S/C16H25NO2/c1-4-13-6-8-14(9-7-13)10-11-15(18)17-12-16(3,19)5-2/h6-9,19H,4-5,10-12H2,1-3H3,(H,17,18). The zero-order valence-corrected chi connectivity index (χ0v) is 12.2. The summed E-state index contributed by atoms with van der Waals surface area (Å²) in [4.78, 5) is 11.7. The zero-order valence-electron chi connectivity index (χ0n) is 12.2. The third kappa shape index (κ3) is 5.88. The average Bonchev–Trinajstić information content (AvgIpc) is 2.43. The topological polar surface area (TPSA) is 49.3 Å². The summed E-state index contributed by atoms with van der Waals surface area (Å²) < 4.78 is 0. The van der Waals surface area contributed by atoms with E-state index in [9.17, 15) is 9.90 Å². The van der Waals surface area contributed by atoms with Crippen LogP contribution in [0.15, 0.2) is 24.3 Å². The average molecular weight is 263 g/mol. The van der Waals surface area contributed by atoms with Crippen LogP contribution in [0.1, 0.15) is 44.7 Å². The molecule has 1 unspecified atom stereocenters. The van der Waals surface area contributed by atoms with Crippen molar-refractivity contribution in [2.24, 2.45) is 0 Å². The second-order valence-corrected chi connectivity index (χ2v) is 5.30. The Bertz CT molecular complexity index is 396. The van der Waals surface area contributed by atoms with Gasteiger partial charge in [0.2, 0.25) is 5.91 Å². The number of hydrogen-bond donors (Lipinski definition) is 2. The van der Waals surface area contributed by atoms with Crippen LogP contribution in [0.3, 0.4) is 0 Å². The van der Waals surface area contributed by atoms with Gasteiger partial charge in [-0.2, -0.15) is 0 Å². The van der Waals surface area contributed by atoms with Crippen molar-refractivity contribution in [1.29, 1.82) is 0 Å². The van der Waals surface area contributed by atoms with Gasteiger partial charge in [-0.15, -0.1) is 0 Å². The Labute approximate surface area is 116 Å². The highest BCUT2D eigenvalue weighted by atomic mass is 16.3. The van der Waals surface area contributed by atoms with E-state index in [0.29, 0.717) is 19.4 Å². The molecule has 1 rings (SSSR count). The van der Waals surface area contributed by atoms with Gasteiger partial charge in [0.05, 0.1) is 5.60 Å². The highest BCUT2D eigenvalue weighted by molar-refractivity contribution is 5.76. The summed E-state index contributed by atoms with van der Waals surface area (Å²) >= 11 is 0. The largest absolute Gasteiger partial charge is 0.388 e. The molecule has 2 N–H and O–H groups in total. The lowest BCUT2D eigenvalue weighted by molar-refractivity contribution is -0.122. The van der Waals surface area contributed by atoms with E-state index >= 15 is 0 Å². The number of aliphatic hydroxyl groups is 1. The third-order valence-electron chi connectivity index (χ3n) is 3.50. The van der Waals surface area contributed by atoms with E-state index in [2.05, 4.69) is 36.5 Å². The highest BCUT2D eigenvalue weighted by Crippen LogP contribution is 2.08. The van der Waals surface area contributed by atoms with Crippen molar-refractivity contribution in [3.05, 3.63) is 35.4 Å². The summed E-state index contributed by atoms with van der Waals surface area (Å²) in [5.41, 5.74) is 1.68. The molecule has 0 heterocycles. The molecule has 1 amide bonds. The maximum absolute atomic E-state index is 11.7. The van der Waals surface area contributed by atoms with Crippen molar-refractivity contribution in [2.45, 2.75) is 52.1 Å². The molecular formula is C16H25NO2. The van der Waals surface area contributed by atoms with Gasteiger partial charge in [0.1, 0.15) is 0 Å². The number of amides is 1. The second kappa shape index (κ2) is 7.29. The van der Waals surface area contributed by atoms with Gasteiger partial charge in [0, 0.05) is 13.0 Å². The Morgan fingerprint density at radius 3 is 2.32 bits per heavy atom. The summed E-state index contributed by atoms with van der Waals surface area (Å²) in [6, 6.07) is 8.37. The Kier molecular flexibility index (Phi) is 6.03. The zero-order chi connectivity index (χ0) is 14.3. The number of hydrogen-bond acceptors (Lipinski definition) is 2. The third-order valence-corrected chi connectivity index (χ3v) is 3.50. The first kappa shape index (κ1) is 15.7. The molecule has 0 radical (unpaired) electrons. The van der Waals surface area contributed by atoms with Crippen LogP contribution in [-0.2, 0) is 17.6 Å². The first-order valence-electron chi connectivity index (χ1n) is 7.03. The summed E-state index contributed by atoms with van der Waals surface area (Å²) in [7, 11) is 0. The van der Waals surface area contributed by atoms with Crippen LogP contribution in [-0.4, -0.2) is 23.2 Å². The number of carbonyl (C=O) groups excluding carboxylic acids is 1. The summed E-state index contributed by atoms with van der Waals surface area (Å²) in [6.45, 7) is 6.08. The van der Waals surface area contributed by atoms with Crippen LogP contribution in [0, 0.1) is 0 Å². The van der Waals surface area contributed by atoms with Gasteiger partial charge in [-0.25, -0.2) is 0 Å². The van der Waals surface area contributed by atoms with Crippen molar-refractivity contribution in [2.75, 3.05) is 6.54 Å². The predicted molar refractivity (Wildman–Crippen MR) is 78.1 cm³/mol. The van der Waals surface area contributed by atoms with E-state index in [1.807, 2.05) is 6.92 Å². The van der Waals surface area contributed by atoms with Crippen LogP contribution in [0.5, 0.6) is 0 Å². The van der Waals surface area contributed by atoms with Crippen LogP contribution < -0.4 is 5.32 Å². The number of benzene rings is 1. The molecule has 0 bridgehead atoms. The fraction of sp³-hybridized carbons (Fsp3) is 0.562. The number of carbonyl (C=O) groups is 1. The maximum atomic E-state index is 11.7. The Morgan fingerprint density at radius 2 is 1.79 bits per heavy atom. The van der Waals surface area contributed by atoms with Crippen molar-refractivity contribution < 1.29 is 9.90 Å². The summed E-state index contributed by atoms with van der Waals surface area (Å²) in [5, 5.41) is 12.6. The molecule has 19 heavy (non-hydrogen) atoms. The fourth-order valence-electron chi connectivity index (χ4n) is 1.70. The first-order chi connectivity index (χ1) is 8.96. The molecule has 3 heteroatoms. The second-order valence-electron chi connectivity index (χ2n) is 5.30. The minimum Gasteiger partial charge on any atom is -0.388 e. The van der Waals surface area contributed by atoms with Gasteiger partial charge >= 0.3 is 0 Å². The number of rotatable bonds is 7. The predicted octanol–water partition coefficient (Wildman–Crippen LogP) is 2.46. The van der Waals surface area contributed by atoms with E-state index in [4.69, 9.17) is 0 Å². The molecule has 0 aliphatic rings. The van der Waals surface area contributed by atoms with Crippen LogP contribution in [0.2, 0.25) is 0 Å². The molecular weight excluding hydrogens is 238 g/mol. The quantitative estimate of drug-likeness (QED) is 0.794. The fourth-order valence-corrected chi connectivity index (χ4v) is 1.70. The Hall–Kier alpha value is -1.35. The smallest absolute Gasteiger partial charge is 0.220 e. The van der Waals surface area contributed by atoms with E-state index < -0.39 is 5.60 Å². The van der Waals surface area contributed by atoms with Gasteiger partial charge in [-0.1, -0.05) is 38.1 Å². The molecule has 3 nitrogen and oxygen atoms in total. The lowest BCUT2D eigenvalue weighted by Crippen LogP contribution is -2.40. The van der Waals surface area contributed by atoms with E-state index in [-0.39, 0.29) is 5.91 Å². The minimum absolute atomic E-state index is 0.00621. The molecule has 1 aromatic carbocycles. The molecule has 0 aromatic heterocycles. The number of nitrogens with one attached hydrogen (secondary N) is 1. The monoisotopic (exact) mass is 263 g/mol. The maximum Gasteiger partial charge on any atom is 0.220 e. The molecule has 1 atom stereocenters. The van der Waals surface area contributed by atoms with Crippen molar-refractivity contribution in [3.63, 3.8) is 0 Å². The molecule has 1 aromatic rings. The molecule has 106 valence electrons. The van der Waals surface area contributed by atoms with Crippen molar-refractivity contribution in [1.82, 2.24) is 5.32 Å².